The Morgan fingerprint density at radius 3 is 2.70 bits per heavy atom. The number of hydrogen-bond donors (Lipinski definition) is 1. The Labute approximate surface area is 117 Å². The van der Waals surface area contributed by atoms with Crippen molar-refractivity contribution in [2.75, 3.05) is 0 Å². The maximum Gasteiger partial charge on any atom is 0.269 e. The molecule has 106 valence electrons. The summed E-state index contributed by atoms with van der Waals surface area (Å²) in [5.41, 5.74) is 1.13. The molecule has 1 heterocycles. The molecule has 0 saturated heterocycles. The topological polar surface area (TPSA) is 64.0 Å². The average molecular weight is 273 g/mol. The van der Waals surface area contributed by atoms with Crippen LogP contribution in [-0.4, -0.2) is 21.5 Å². The quantitative estimate of drug-likeness (QED) is 0.901. The van der Waals surface area contributed by atoms with Crippen molar-refractivity contribution in [2.45, 2.75) is 39.3 Å². The number of benzene rings is 1. The van der Waals surface area contributed by atoms with Crippen LogP contribution in [0.5, 0.6) is 0 Å². The Kier molecular flexibility index (Phi) is 4.50. The van der Waals surface area contributed by atoms with Crippen LogP contribution in [0.1, 0.15) is 26.7 Å². The number of carbonyl (C=O) groups is 1. The van der Waals surface area contributed by atoms with Crippen molar-refractivity contribution in [1.29, 1.82) is 0 Å². The van der Waals surface area contributed by atoms with E-state index in [0.717, 1.165) is 12.8 Å². The predicted molar refractivity (Wildman–Crippen MR) is 78.5 cm³/mol. The van der Waals surface area contributed by atoms with E-state index in [-0.39, 0.29) is 24.1 Å². The van der Waals surface area contributed by atoms with Crippen LogP contribution < -0.4 is 10.9 Å². The highest BCUT2D eigenvalue weighted by Crippen LogP contribution is 2.08. The molecule has 1 N–H and O–H groups in total. The van der Waals surface area contributed by atoms with E-state index in [4.69, 9.17) is 0 Å². The van der Waals surface area contributed by atoms with Gasteiger partial charge >= 0.3 is 0 Å². The van der Waals surface area contributed by atoms with Gasteiger partial charge < -0.3 is 5.32 Å². The molecular weight excluding hydrogens is 254 g/mol. The molecule has 20 heavy (non-hydrogen) atoms. The second-order valence-electron chi connectivity index (χ2n) is 4.75. The largest absolute Gasteiger partial charge is 0.352 e. The second kappa shape index (κ2) is 6.32. The summed E-state index contributed by atoms with van der Waals surface area (Å²) >= 11 is 0. The standard InChI is InChI=1S/C15H19N3O2/c1-3-11(4-2)17-14(19)10-18-13-8-6-5-7-12(13)16-9-15(18)20/h5-9,11H,3-4,10H2,1-2H3,(H,17,19). The fraction of sp³-hybridized carbons (Fsp3) is 0.400. The molecule has 0 atom stereocenters. The summed E-state index contributed by atoms with van der Waals surface area (Å²) in [5, 5.41) is 2.94. The van der Waals surface area contributed by atoms with Gasteiger partial charge in [-0.05, 0) is 25.0 Å². The van der Waals surface area contributed by atoms with Crippen molar-refractivity contribution < 1.29 is 4.79 Å². The van der Waals surface area contributed by atoms with Crippen LogP contribution in [0, 0.1) is 0 Å². The molecule has 0 unspecified atom stereocenters. The van der Waals surface area contributed by atoms with E-state index in [1.165, 1.54) is 10.8 Å². The molecule has 0 spiro atoms. The molecule has 0 aliphatic heterocycles. The lowest BCUT2D eigenvalue weighted by Gasteiger charge is -2.16. The van der Waals surface area contributed by atoms with Crippen LogP contribution >= 0.6 is 0 Å². The van der Waals surface area contributed by atoms with Crippen molar-refractivity contribution in [3.63, 3.8) is 0 Å². The molecule has 2 aromatic rings. The number of fused-ring (bicyclic) bond motifs is 1. The third-order valence-electron chi connectivity index (χ3n) is 3.41. The zero-order valence-electron chi connectivity index (χ0n) is 11.8. The molecule has 5 heteroatoms. The summed E-state index contributed by atoms with van der Waals surface area (Å²) in [6.07, 6.45) is 3.02. The van der Waals surface area contributed by atoms with E-state index in [9.17, 15) is 9.59 Å². The van der Waals surface area contributed by atoms with Gasteiger partial charge in [0.15, 0.2) is 0 Å². The molecular formula is C15H19N3O2. The Morgan fingerprint density at radius 2 is 2.00 bits per heavy atom. The minimum Gasteiger partial charge on any atom is -0.352 e. The van der Waals surface area contributed by atoms with E-state index in [1.54, 1.807) is 6.07 Å². The SMILES string of the molecule is CCC(CC)NC(=O)Cn1c(=O)cnc2ccccc21. The summed E-state index contributed by atoms with van der Waals surface area (Å²) in [7, 11) is 0. The van der Waals surface area contributed by atoms with Crippen LogP contribution in [-0.2, 0) is 11.3 Å². The monoisotopic (exact) mass is 273 g/mol. The Hall–Kier alpha value is -2.17. The second-order valence-corrected chi connectivity index (χ2v) is 4.75. The molecule has 1 aromatic heterocycles. The molecule has 0 aliphatic carbocycles. The number of aromatic nitrogens is 2. The third kappa shape index (κ3) is 3.04. The van der Waals surface area contributed by atoms with Gasteiger partial charge in [0, 0.05) is 6.04 Å². The van der Waals surface area contributed by atoms with Crippen molar-refractivity contribution in [3.8, 4) is 0 Å². The van der Waals surface area contributed by atoms with Crippen molar-refractivity contribution in [3.05, 3.63) is 40.8 Å². The minimum atomic E-state index is -0.261. The van der Waals surface area contributed by atoms with Gasteiger partial charge in [-0.25, -0.2) is 4.98 Å². The van der Waals surface area contributed by atoms with Crippen LogP contribution in [0.15, 0.2) is 35.3 Å². The number of hydrogen-bond acceptors (Lipinski definition) is 3. The van der Waals surface area contributed by atoms with Crippen molar-refractivity contribution in [2.24, 2.45) is 0 Å². The first-order chi connectivity index (χ1) is 9.65. The van der Waals surface area contributed by atoms with Crippen LogP contribution in [0.3, 0.4) is 0 Å². The van der Waals surface area contributed by atoms with Gasteiger partial charge in [0.1, 0.15) is 6.54 Å². The minimum absolute atomic E-state index is 0.0262. The summed E-state index contributed by atoms with van der Waals surface area (Å²) in [6.45, 7) is 4.09. The highest BCUT2D eigenvalue weighted by Gasteiger charge is 2.11. The molecule has 1 aromatic carbocycles. The van der Waals surface area contributed by atoms with Gasteiger partial charge in [-0.2, -0.15) is 0 Å². The smallest absolute Gasteiger partial charge is 0.269 e. The summed E-state index contributed by atoms with van der Waals surface area (Å²) in [4.78, 5) is 28.0. The summed E-state index contributed by atoms with van der Waals surface area (Å²) < 4.78 is 1.46. The predicted octanol–water partition coefficient (Wildman–Crippen LogP) is 1.70. The number of para-hydroxylation sites is 2. The van der Waals surface area contributed by atoms with E-state index < -0.39 is 0 Å². The first kappa shape index (κ1) is 14.2. The van der Waals surface area contributed by atoms with Crippen molar-refractivity contribution >= 4 is 16.9 Å². The van der Waals surface area contributed by atoms with E-state index >= 15 is 0 Å². The van der Waals surface area contributed by atoms with Gasteiger partial charge in [-0.3, -0.25) is 14.2 Å². The number of carbonyl (C=O) groups excluding carboxylic acids is 1. The van der Waals surface area contributed by atoms with Gasteiger partial charge in [0.05, 0.1) is 17.2 Å². The van der Waals surface area contributed by atoms with Gasteiger partial charge in [-0.1, -0.05) is 26.0 Å². The third-order valence-corrected chi connectivity index (χ3v) is 3.41. The van der Waals surface area contributed by atoms with Crippen LogP contribution in [0.2, 0.25) is 0 Å². The Bertz CT molecular complexity index is 659. The molecule has 0 radical (unpaired) electrons. The molecule has 2 rings (SSSR count). The number of nitrogens with zero attached hydrogens (tertiary/aromatic N) is 2. The lowest BCUT2D eigenvalue weighted by atomic mass is 10.2. The zero-order chi connectivity index (χ0) is 14.5. The zero-order valence-corrected chi connectivity index (χ0v) is 11.8. The first-order valence-electron chi connectivity index (χ1n) is 6.89. The van der Waals surface area contributed by atoms with E-state index in [0.29, 0.717) is 11.0 Å². The van der Waals surface area contributed by atoms with Gasteiger partial charge in [-0.15, -0.1) is 0 Å². The summed E-state index contributed by atoms with van der Waals surface area (Å²) in [6, 6.07) is 7.47. The molecule has 0 saturated carbocycles. The molecule has 0 bridgehead atoms. The number of nitrogens with one attached hydrogen (secondary N) is 1. The molecule has 5 nitrogen and oxygen atoms in total. The summed E-state index contributed by atoms with van der Waals surface area (Å²) in [5.74, 6) is -0.142. The van der Waals surface area contributed by atoms with E-state index in [2.05, 4.69) is 10.3 Å². The maximum atomic E-state index is 12.0. The normalized spacial score (nSPS) is 10.9. The number of amides is 1. The lowest BCUT2D eigenvalue weighted by Crippen LogP contribution is -2.38. The first-order valence-corrected chi connectivity index (χ1v) is 6.89. The fourth-order valence-electron chi connectivity index (χ4n) is 2.19. The Balaban J connectivity index is 2.27. The Morgan fingerprint density at radius 1 is 1.30 bits per heavy atom. The fourth-order valence-corrected chi connectivity index (χ4v) is 2.19. The van der Waals surface area contributed by atoms with Gasteiger partial charge in [0.25, 0.3) is 5.56 Å². The molecule has 0 aliphatic rings. The molecule has 1 amide bonds. The lowest BCUT2D eigenvalue weighted by molar-refractivity contribution is -0.122. The van der Waals surface area contributed by atoms with Gasteiger partial charge in [0.2, 0.25) is 5.91 Å². The van der Waals surface area contributed by atoms with Crippen molar-refractivity contribution in [1.82, 2.24) is 14.9 Å². The van der Waals surface area contributed by atoms with Crippen LogP contribution in [0.4, 0.5) is 0 Å². The maximum absolute atomic E-state index is 12.0. The average Bonchev–Trinajstić information content (AvgIpc) is 2.47. The van der Waals surface area contributed by atoms with E-state index in [1.807, 2.05) is 32.0 Å². The molecule has 0 fully saturated rings. The highest BCUT2D eigenvalue weighted by molar-refractivity contribution is 5.80. The number of rotatable bonds is 5. The van der Waals surface area contributed by atoms with Crippen LogP contribution in [0.25, 0.3) is 11.0 Å². The highest BCUT2D eigenvalue weighted by atomic mass is 16.2.